The molecule has 18 heteroatoms. The molecule has 0 saturated carbocycles. The lowest BCUT2D eigenvalue weighted by Crippen LogP contribution is -2.30. The van der Waals surface area contributed by atoms with E-state index in [2.05, 4.69) is 179 Å². The van der Waals surface area contributed by atoms with Crippen LogP contribution in [0.25, 0.3) is 0 Å². The fraction of sp³-hybridized carbons (Fsp3) is 0.707. The summed E-state index contributed by atoms with van der Waals surface area (Å²) in [5, 5.41) is 20.7. The number of aliphatic hydroxyl groups excluding tert-OH is 2. The Morgan fingerprint density at radius 1 is 0.248 bits per heavy atom. The van der Waals surface area contributed by atoms with Gasteiger partial charge < -0.3 is 34.2 Å². The van der Waals surface area contributed by atoms with Crippen LogP contribution in [0.15, 0.2) is 158 Å². The minimum Gasteiger partial charge on any atom is -0.463 e. The minimum absolute atomic E-state index is 0.0779. The van der Waals surface area contributed by atoms with Gasteiger partial charge >= 0.3 is 33.6 Å². The summed E-state index contributed by atoms with van der Waals surface area (Å²) in [7, 11) is -9.82. The van der Waals surface area contributed by atoms with Gasteiger partial charge in [-0.25, -0.2) is 9.13 Å². The number of carbonyl (C=O) groups excluding carboxylic acids is 3. The molecule has 0 heterocycles. The summed E-state index contributed by atoms with van der Waals surface area (Å²) in [6.07, 6.45) is 116. The van der Waals surface area contributed by atoms with Crippen molar-refractivity contribution in [2.75, 3.05) is 39.6 Å². The van der Waals surface area contributed by atoms with E-state index in [9.17, 15) is 43.5 Å². The van der Waals surface area contributed by atoms with Gasteiger partial charge in [-0.05, 0) is 154 Å². The van der Waals surface area contributed by atoms with Crippen LogP contribution < -0.4 is 0 Å². The number of unbranched alkanes of at least 4 members (excludes halogenated alkanes) is 39. The molecule has 4 N–H and O–H groups in total. The van der Waals surface area contributed by atoms with Crippen molar-refractivity contribution in [2.24, 2.45) is 0 Å². The Balaban J connectivity index is 4.57. The largest absolute Gasteiger partial charge is 0.472 e. The van der Waals surface area contributed by atoms with Crippen molar-refractivity contribution in [1.82, 2.24) is 0 Å². The number of allylic oxidation sites excluding steroid dienone is 26. The maximum Gasteiger partial charge on any atom is 0.472 e. The van der Waals surface area contributed by atoms with E-state index in [1.54, 1.807) is 0 Å². The van der Waals surface area contributed by atoms with Gasteiger partial charge in [-0.1, -0.05) is 378 Å². The van der Waals surface area contributed by atoms with E-state index < -0.39 is 91.5 Å². The molecular formula is C99H170O16P2. The molecule has 0 bridgehead atoms. The summed E-state index contributed by atoms with van der Waals surface area (Å²) in [6, 6.07) is 0. The lowest BCUT2D eigenvalue weighted by Gasteiger charge is -2.21. The fourth-order valence-electron chi connectivity index (χ4n) is 12.6. The van der Waals surface area contributed by atoms with Gasteiger partial charge in [-0.2, -0.15) is 0 Å². The fourth-order valence-corrected chi connectivity index (χ4v) is 14.2. The van der Waals surface area contributed by atoms with Crippen LogP contribution >= 0.6 is 15.6 Å². The van der Waals surface area contributed by atoms with Crippen LogP contribution in [0, 0.1) is 0 Å². The Kier molecular flexibility index (Phi) is 86.7. The molecule has 0 amide bonds. The van der Waals surface area contributed by atoms with Gasteiger partial charge in [-0.15, -0.1) is 0 Å². The highest BCUT2D eigenvalue weighted by Crippen LogP contribution is 2.45. The number of phosphoric ester groups is 2. The molecule has 0 radical (unpaired) electrons. The van der Waals surface area contributed by atoms with Gasteiger partial charge in [-0.3, -0.25) is 32.5 Å². The molecule has 0 aromatic carbocycles. The van der Waals surface area contributed by atoms with Crippen molar-refractivity contribution >= 4 is 33.6 Å². The third-order valence-corrected chi connectivity index (χ3v) is 21.6. The number of rotatable bonds is 88. The van der Waals surface area contributed by atoms with Crippen molar-refractivity contribution in [3.05, 3.63) is 158 Å². The Hall–Kier alpha value is -4.83. The summed E-state index contributed by atoms with van der Waals surface area (Å²) >= 11 is 0. The summed E-state index contributed by atoms with van der Waals surface area (Å²) in [5.41, 5.74) is 0. The van der Waals surface area contributed by atoms with Gasteiger partial charge in [0.05, 0.1) is 26.4 Å². The predicted molar refractivity (Wildman–Crippen MR) is 491 cm³/mol. The van der Waals surface area contributed by atoms with Crippen LogP contribution in [0.4, 0.5) is 0 Å². The molecule has 0 spiro atoms. The topological polar surface area (TPSA) is 231 Å². The number of carbonyl (C=O) groups is 3. The average Bonchev–Trinajstić information content (AvgIpc) is 0.954. The number of aliphatic hydroxyl groups is 2. The quantitative estimate of drug-likeness (QED) is 0.0146. The first-order chi connectivity index (χ1) is 57.2. The molecule has 0 aromatic rings. The van der Waals surface area contributed by atoms with Gasteiger partial charge in [0.25, 0.3) is 0 Å². The van der Waals surface area contributed by atoms with Crippen molar-refractivity contribution < 1.29 is 75.8 Å². The Morgan fingerprint density at radius 3 is 0.718 bits per heavy atom. The Bertz CT molecular complexity index is 2760. The van der Waals surface area contributed by atoms with E-state index in [4.69, 9.17) is 32.3 Å². The van der Waals surface area contributed by atoms with Crippen molar-refractivity contribution in [2.45, 2.75) is 411 Å². The van der Waals surface area contributed by atoms with E-state index in [0.717, 1.165) is 154 Å². The van der Waals surface area contributed by atoms with Crippen LogP contribution in [-0.2, 0) is 55.8 Å². The first-order valence-electron chi connectivity index (χ1n) is 46.8. The molecule has 0 aromatic heterocycles. The maximum absolute atomic E-state index is 13.1. The van der Waals surface area contributed by atoms with Crippen molar-refractivity contribution in [3.8, 4) is 0 Å². The van der Waals surface area contributed by atoms with Crippen LogP contribution in [0.1, 0.15) is 393 Å². The monoisotopic (exact) mass is 1680 g/mol. The molecule has 5 unspecified atom stereocenters. The molecule has 0 fully saturated rings. The molecule has 0 aliphatic heterocycles. The first-order valence-corrected chi connectivity index (χ1v) is 49.8. The van der Waals surface area contributed by atoms with Gasteiger partial charge in [0, 0.05) is 19.3 Å². The smallest absolute Gasteiger partial charge is 0.463 e. The van der Waals surface area contributed by atoms with E-state index >= 15 is 0 Å². The zero-order valence-electron chi connectivity index (χ0n) is 74.1. The summed E-state index contributed by atoms with van der Waals surface area (Å²) in [6.45, 7) is 2.53. The van der Waals surface area contributed by atoms with E-state index in [0.29, 0.717) is 19.3 Å². The number of esters is 3. The number of hydrogen-bond donors (Lipinski definition) is 4. The Labute approximate surface area is 714 Å². The highest BCUT2D eigenvalue weighted by Gasteiger charge is 2.29. The standard InChI is InChI=1S/C99H170O16P2/c1-4-7-10-13-16-19-22-25-28-31-34-37-39-41-43-44-45-46-47-48-50-52-53-56-58-61-64-67-70-73-76-79-82-85-97(102)109-88-94(100)89-111-116(105,106)112-90-95(101)91-113-117(107,108)114-93-96(115-99(104)87-84-81-78-75-72-69-66-63-60-55-36-33-30-27-24-21-18-15-12-9-6-3)92-110-98(103)86-83-80-77-74-71-68-65-62-59-57-54-51-49-42-40-38-35-32-29-26-23-20-17-14-11-8-5-2/h9,12,16-21,25-30,34-38,41-43,49,55,63,66,94-96,100-101H,4-8,10-11,13-15,22-24,31-33,39-40,44-48,50-54,56-62,64-65,67-93H2,1-3H3,(H,105,106)(H,107,108)/b12-9-,19-16-,20-17-,21-18-,28-25-,29-26-,30-27-,37-34-,38-35-,43-41-,49-42-,55-36-,66-63-. The lowest BCUT2D eigenvalue weighted by atomic mass is 10.0. The summed E-state index contributed by atoms with van der Waals surface area (Å²) in [5.74, 6) is -1.59. The van der Waals surface area contributed by atoms with Crippen molar-refractivity contribution in [1.29, 1.82) is 0 Å². The normalized spacial score (nSPS) is 14.5. The number of ether oxygens (including phenoxy) is 3. The molecule has 117 heavy (non-hydrogen) atoms. The second-order valence-corrected chi connectivity index (χ2v) is 34.0. The molecule has 16 nitrogen and oxygen atoms in total. The molecule has 5 atom stereocenters. The highest BCUT2D eigenvalue weighted by atomic mass is 31.2. The highest BCUT2D eigenvalue weighted by molar-refractivity contribution is 7.47. The molecule has 0 aliphatic carbocycles. The van der Waals surface area contributed by atoms with E-state index in [-0.39, 0.29) is 19.3 Å². The average molecular weight is 1680 g/mol. The van der Waals surface area contributed by atoms with Gasteiger partial charge in [0.15, 0.2) is 6.10 Å². The van der Waals surface area contributed by atoms with Gasteiger partial charge in [0.2, 0.25) is 0 Å². The SMILES string of the molecule is CC/C=C\C/C=C\C/C=C\C/C=C\C/C=C\CCCCCCCC(=O)OC(COC(=O)CCCCCCCCCCCCC/C=C\C/C=C\C/C=C\C/C=C\CCCCC)COP(=O)(O)OCC(O)COP(=O)(O)OCC(O)COC(=O)CCCCCCCCCCCCCCCCCCC/C=C\C/C=C\C/C=C\C/C=C\CCCCC. The predicted octanol–water partition coefficient (Wildman–Crippen LogP) is 28.9. The summed E-state index contributed by atoms with van der Waals surface area (Å²) < 4.78 is 61.5. The third kappa shape index (κ3) is 91.7. The third-order valence-electron chi connectivity index (χ3n) is 19.7. The maximum atomic E-state index is 13.1. The first kappa shape index (κ1) is 112. The molecular weight excluding hydrogens is 1510 g/mol. The second-order valence-electron chi connectivity index (χ2n) is 31.1. The van der Waals surface area contributed by atoms with Crippen LogP contribution in [0.2, 0.25) is 0 Å². The molecule has 0 aliphatic rings. The van der Waals surface area contributed by atoms with E-state index in [1.807, 2.05) is 0 Å². The summed E-state index contributed by atoms with van der Waals surface area (Å²) in [4.78, 5) is 59.0. The lowest BCUT2D eigenvalue weighted by molar-refractivity contribution is -0.161. The molecule has 672 valence electrons. The van der Waals surface area contributed by atoms with E-state index in [1.165, 1.54) is 180 Å². The second kappa shape index (κ2) is 90.4. The van der Waals surface area contributed by atoms with Crippen LogP contribution in [0.5, 0.6) is 0 Å². The zero-order valence-corrected chi connectivity index (χ0v) is 75.9. The van der Waals surface area contributed by atoms with Crippen LogP contribution in [0.3, 0.4) is 0 Å². The molecule has 0 saturated heterocycles. The zero-order chi connectivity index (χ0) is 85.1. The minimum atomic E-state index is -4.95. The Morgan fingerprint density at radius 2 is 0.453 bits per heavy atom. The molecule has 0 rings (SSSR count). The number of hydrogen-bond acceptors (Lipinski definition) is 14. The number of phosphoric acid groups is 2. The van der Waals surface area contributed by atoms with Gasteiger partial charge in [0.1, 0.15) is 25.4 Å². The van der Waals surface area contributed by atoms with Crippen molar-refractivity contribution in [3.63, 3.8) is 0 Å². The van der Waals surface area contributed by atoms with Crippen LogP contribution in [-0.4, -0.2) is 95.9 Å².